The van der Waals surface area contributed by atoms with Crippen LogP contribution in [0.25, 0.3) is 10.2 Å². The zero-order valence-electron chi connectivity index (χ0n) is 17.1. The molecule has 1 aliphatic carbocycles. The van der Waals surface area contributed by atoms with Crippen molar-refractivity contribution in [3.8, 4) is 5.75 Å². The third-order valence-corrected chi connectivity index (χ3v) is 7.22. The fourth-order valence-corrected chi connectivity index (χ4v) is 5.84. The van der Waals surface area contributed by atoms with Gasteiger partial charge in [0.1, 0.15) is 10.6 Å². The molecule has 0 radical (unpaired) electrons. The van der Waals surface area contributed by atoms with Gasteiger partial charge < -0.3 is 10.1 Å². The lowest BCUT2D eigenvalue weighted by atomic mass is 9.97. The Kier molecular flexibility index (Phi) is 6.47. The van der Waals surface area contributed by atoms with E-state index in [0.29, 0.717) is 22.8 Å². The molecule has 1 N–H and O–H groups in total. The average molecular weight is 484 g/mol. The number of rotatable bonds is 6. The Balaban J connectivity index is 1.47. The quantitative estimate of drug-likeness (QED) is 0.395. The topological polar surface area (TPSA) is 73.2 Å². The molecule has 1 amide bonds. The van der Waals surface area contributed by atoms with Crippen LogP contribution in [0.2, 0.25) is 0 Å². The summed E-state index contributed by atoms with van der Waals surface area (Å²) in [6.07, 6.45) is -0.707. The van der Waals surface area contributed by atoms with Crippen LogP contribution in [0.15, 0.2) is 34.2 Å². The van der Waals surface area contributed by atoms with Crippen molar-refractivity contribution >= 4 is 44.9 Å². The number of aromatic nitrogens is 2. The van der Waals surface area contributed by atoms with Crippen molar-refractivity contribution in [1.82, 2.24) is 9.55 Å². The number of hydrogen-bond donors (Lipinski definition) is 1. The largest absolute Gasteiger partial charge is 0.573 e. The fourth-order valence-electron chi connectivity index (χ4n) is 3.68. The summed E-state index contributed by atoms with van der Waals surface area (Å²) < 4.78 is 42.1. The van der Waals surface area contributed by atoms with E-state index in [0.717, 1.165) is 60.0 Å². The summed E-state index contributed by atoms with van der Waals surface area (Å²) in [6.45, 7) is 2.31. The summed E-state index contributed by atoms with van der Waals surface area (Å²) in [5, 5.41) is 3.81. The maximum atomic E-state index is 13.1. The molecule has 1 aromatic carbocycles. The number of aryl methyl sites for hydroxylation is 2. The first kappa shape index (κ1) is 22.7. The number of nitrogens with zero attached hydrogens (tertiary/aromatic N) is 2. The molecule has 0 bridgehead atoms. The molecule has 2 heterocycles. The maximum absolute atomic E-state index is 13.1. The minimum atomic E-state index is -4.77. The lowest BCUT2D eigenvalue weighted by Gasteiger charge is -2.12. The number of anilines is 1. The predicted molar refractivity (Wildman–Crippen MR) is 119 cm³/mol. The molecule has 32 heavy (non-hydrogen) atoms. The second kappa shape index (κ2) is 9.14. The molecule has 1 aliphatic rings. The molecule has 0 spiro atoms. The van der Waals surface area contributed by atoms with Gasteiger partial charge in [-0.25, -0.2) is 4.98 Å². The number of hydrogen-bond acceptors (Lipinski definition) is 6. The molecular weight excluding hydrogens is 463 g/mol. The van der Waals surface area contributed by atoms with Gasteiger partial charge >= 0.3 is 6.36 Å². The van der Waals surface area contributed by atoms with Gasteiger partial charge in [0, 0.05) is 17.1 Å². The van der Waals surface area contributed by atoms with Gasteiger partial charge in [-0.2, -0.15) is 0 Å². The van der Waals surface area contributed by atoms with Crippen LogP contribution in [0.5, 0.6) is 5.75 Å². The van der Waals surface area contributed by atoms with Gasteiger partial charge in [-0.05, 0) is 62.4 Å². The van der Waals surface area contributed by atoms with E-state index in [9.17, 15) is 22.8 Å². The van der Waals surface area contributed by atoms with Crippen LogP contribution >= 0.6 is 23.1 Å². The smallest absolute Gasteiger partial charge is 0.406 e. The van der Waals surface area contributed by atoms with Crippen molar-refractivity contribution in [1.29, 1.82) is 0 Å². The van der Waals surface area contributed by atoms with Gasteiger partial charge in [0.05, 0.1) is 11.1 Å². The minimum absolute atomic E-state index is 0.00381. The number of alkyl halides is 3. The Labute approximate surface area is 189 Å². The monoisotopic (exact) mass is 483 g/mol. The van der Waals surface area contributed by atoms with Crippen molar-refractivity contribution < 1.29 is 22.7 Å². The number of carbonyl (C=O) groups excluding carboxylic acids is 1. The summed E-state index contributed by atoms with van der Waals surface area (Å²) in [6, 6.07) is 4.90. The minimum Gasteiger partial charge on any atom is -0.406 e. The molecule has 170 valence electrons. The Morgan fingerprint density at radius 1 is 1.25 bits per heavy atom. The van der Waals surface area contributed by atoms with E-state index in [-0.39, 0.29) is 23.0 Å². The van der Waals surface area contributed by atoms with Crippen LogP contribution in [-0.2, 0) is 24.2 Å². The zero-order valence-corrected chi connectivity index (χ0v) is 18.8. The highest BCUT2D eigenvalue weighted by molar-refractivity contribution is 7.99. The van der Waals surface area contributed by atoms with Gasteiger partial charge in [0.25, 0.3) is 5.56 Å². The van der Waals surface area contributed by atoms with Crippen molar-refractivity contribution in [2.75, 3.05) is 11.1 Å². The van der Waals surface area contributed by atoms with Crippen LogP contribution in [0.1, 0.15) is 30.2 Å². The summed E-state index contributed by atoms with van der Waals surface area (Å²) in [5.41, 5.74) is 1.40. The van der Waals surface area contributed by atoms with Crippen LogP contribution in [0, 0.1) is 0 Å². The molecule has 3 aromatic rings. The van der Waals surface area contributed by atoms with Gasteiger partial charge in [0.2, 0.25) is 5.91 Å². The summed E-state index contributed by atoms with van der Waals surface area (Å²) >= 11 is 2.72. The van der Waals surface area contributed by atoms with E-state index < -0.39 is 6.36 Å². The third kappa shape index (κ3) is 4.93. The predicted octanol–water partition coefficient (Wildman–Crippen LogP) is 4.99. The van der Waals surface area contributed by atoms with Crippen molar-refractivity contribution in [2.45, 2.75) is 50.7 Å². The Morgan fingerprint density at radius 3 is 2.66 bits per heavy atom. The first-order valence-electron chi connectivity index (χ1n) is 10.1. The molecule has 0 aliphatic heterocycles. The standard InChI is InChI=1S/C21H20F3N3O3S2/c1-2-27-19(29)17-14-5-3-4-6-15(14)32-18(17)26-20(27)31-11-16(28)25-12-7-9-13(10-8-12)30-21(22,23)24/h7-10H,2-6,11H2,1H3,(H,25,28). The molecule has 0 saturated heterocycles. The van der Waals surface area contributed by atoms with E-state index in [1.165, 1.54) is 17.0 Å². The zero-order chi connectivity index (χ0) is 22.9. The van der Waals surface area contributed by atoms with Crippen molar-refractivity contribution in [2.24, 2.45) is 0 Å². The van der Waals surface area contributed by atoms with Crippen LogP contribution in [0.3, 0.4) is 0 Å². The number of amides is 1. The van der Waals surface area contributed by atoms with E-state index >= 15 is 0 Å². The van der Waals surface area contributed by atoms with Gasteiger partial charge in [0.15, 0.2) is 5.16 Å². The number of thioether (sulfide) groups is 1. The van der Waals surface area contributed by atoms with Gasteiger partial charge in [-0.3, -0.25) is 14.2 Å². The summed E-state index contributed by atoms with van der Waals surface area (Å²) in [4.78, 5) is 32.1. The summed E-state index contributed by atoms with van der Waals surface area (Å²) in [7, 11) is 0. The molecular formula is C21H20F3N3O3S2. The molecule has 2 aromatic heterocycles. The van der Waals surface area contributed by atoms with Crippen LogP contribution in [0.4, 0.5) is 18.9 Å². The Bertz CT molecular complexity index is 1200. The number of benzene rings is 1. The number of thiophene rings is 1. The molecule has 11 heteroatoms. The molecule has 0 unspecified atom stereocenters. The van der Waals surface area contributed by atoms with Gasteiger partial charge in [-0.1, -0.05) is 11.8 Å². The second-order valence-corrected chi connectivity index (χ2v) is 9.27. The van der Waals surface area contributed by atoms with Crippen LogP contribution < -0.4 is 15.6 Å². The lowest BCUT2D eigenvalue weighted by molar-refractivity contribution is -0.274. The van der Waals surface area contributed by atoms with E-state index in [1.54, 1.807) is 15.9 Å². The number of carbonyl (C=O) groups is 1. The van der Waals surface area contributed by atoms with E-state index in [1.807, 2.05) is 6.92 Å². The Hall–Kier alpha value is -2.53. The molecule has 0 saturated carbocycles. The molecule has 4 rings (SSSR count). The second-order valence-electron chi connectivity index (χ2n) is 7.24. The number of nitrogens with one attached hydrogen (secondary N) is 1. The normalized spacial score (nSPS) is 13.8. The third-order valence-electron chi connectivity index (χ3n) is 5.06. The molecule has 0 fully saturated rings. The van der Waals surface area contributed by atoms with Gasteiger partial charge in [-0.15, -0.1) is 24.5 Å². The molecule has 0 atom stereocenters. The number of halogens is 3. The van der Waals surface area contributed by atoms with E-state index in [4.69, 9.17) is 0 Å². The van der Waals surface area contributed by atoms with Crippen molar-refractivity contribution in [3.63, 3.8) is 0 Å². The average Bonchev–Trinajstić information content (AvgIpc) is 3.11. The first-order valence-corrected chi connectivity index (χ1v) is 11.9. The lowest BCUT2D eigenvalue weighted by Crippen LogP contribution is -2.24. The Morgan fingerprint density at radius 2 is 1.97 bits per heavy atom. The summed E-state index contributed by atoms with van der Waals surface area (Å²) in [5.74, 6) is -0.723. The maximum Gasteiger partial charge on any atom is 0.573 e. The molecule has 6 nitrogen and oxygen atoms in total. The SMILES string of the molecule is CCn1c(SCC(=O)Nc2ccc(OC(F)(F)F)cc2)nc2sc3c(c2c1=O)CCCC3. The number of ether oxygens (including phenoxy) is 1. The number of fused-ring (bicyclic) bond motifs is 3. The van der Waals surface area contributed by atoms with Crippen molar-refractivity contribution in [3.05, 3.63) is 45.1 Å². The highest BCUT2D eigenvalue weighted by atomic mass is 32.2. The highest BCUT2D eigenvalue weighted by Crippen LogP contribution is 2.34. The fraction of sp³-hybridized carbons (Fsp3) is 0.381. The van der Waals surface area contributed by atoms with E-state index in [2.05, 4.69) is 15.0 Å². The van der Waals surface area contributed by atoms with Crippen LogP contribution in [-0.4, -0.2) is 27.6 Å². The first-order chi connectivity index (χ1) is 15.2. The highest BCUT2D eigenvalue weighted by Gasteiger charge is 2.31.